The van der Waals surface area contributed by atoms with Crippen molar-refractivity contribution in [1.29, 1.82) is 5.26 Å². The number of benzene rings is 1. The van der Waals surface area contributed by atoms with E-state index < -0.39 is 10.0 Å². The molecule has 2 rings (SSSR count). The van der Waals surface area contributed by atoms with Gasteiger partial charge in [-0.05, 0) is 50.1 Å². The van der Waals surface area contributed by atoms with Gasteiger partial charge in [0.1, 0.15) is 0 Å². The van der Waals surface area contributed by atoms with Gasteiger partial charge in [0.15, 0.2) is 0 Å². The maximum absolute atomic E-state index is 12.6. The average molecular weight is 307 g/mol. The molecule has 1 aromatic carbocycles. The van der Waals surface area contributed by atoms with E-state index in [1.54, 1.807) is 26.1 Å². The number of sulfonamides is 1. The van der Waals surface area contributed by atoms with Crippen molar-refractivity contribution in [3.05, 3.63) is 29.3 Å². The molecule has 1 fully saturated rings. The Hall–Kier alpha value is -1.42. The fourth-order valence-corrected chi connectivity index (χ4v) is 4.08. The van der Waals surface area contributed by atoms with E-state index in [9.17, 15) is 8.42 Å². The van der Waals surface area contributed by atoms with Crippen LogP contribution in [0.2, 0.25) is 0 Å². The maximum atomic E-state index is 12.6. The van der Waals surface area contributed by atoms with Crippen LogP contribution in [0.4, 0.5) is 0 Å². The number of nitrogens with zero attached hydrogens (tertiary/aromatic N) is 2. The molecule has 1 atom stereocenters. The first-order chi connectivity index (χ1) is 9.95. The van der Waals surface area contributed by atoms with Crippen LogP contribution < -0.4 is 5.32 Å². The van der Waals surface area contributed by atoms with Crippen LogP contribution in [0.25, 0.3) is 0 Å². The predicted octanol–water partition coefficient (Wildman–Crippen LogP) is 1.63. The molecule has 0 aliphatic carbocycles. The summed E-state index contributed by atoms with van der Waals surface area (Å²) < 4.78 is 26.7. The average Bonchev–Trinajstić information content (AvgIpc) is 2.47. The van der Waals surface area contributed by atoms with Crippen molar-refractivity contribution < 1.29 is 8.42 Å². The summed E-state index contributed by atoms with van der Waals surface area (Å²) in [4.78, 5) is 0.278. The van der Waals surface area contributed by atoms with E-state index in [4.69, 9.17) is 5.26 Å². The van der Waals surface area contributed by atoms with Gasteiger partial charge in [-0.25, -0.2) is 8.42 Å². The third-order valence-corrected chi connectivity index (χ3v) is 5.87. The van der Waals surface area contributed by atoms with Gasteiger partial charge >= 0.3 is 0 Å². The molecule has 1 unspecified atom stereocenters. The molecule has 0 bridgehead atoms. The van der Waals surface area contributed by atoms with E-state index in [1.807, 2.05) is 6.07 Å². The Morgan fingerprint density at radius 2 is 2.19 bits per heavy atom. The van der Waals surface area contributed by atoms with Crippen LogP contribution in [0.15, 0.2) is 23.1 Å². The fourth-order valence-electron chi connectivity index (χ4n) is 2.66. The molecule has 0 saturated carbocycles. The Morgan fingerprint density at radius 3 is 2.76 bits per heavy atom. The second kappa shape index (κ2) is 6.56. The summed E-state index contributed by atoms with van der Waals surface area (Å²) in [5, 5.41) is 12.2. The van der Waals surface area contributed by atoms with Crippen molar-refractivity contribution in [2.75, 3.05) is 20.1 Å². The van der Waals surface area contributed by atoms with Crippen LogP contribution in [-0.4, -0.2) is 38.9 Å². The zero-order chi connectivity index (χ0) is 15.5. The van der Waals surface area contributed by atoms with Crippen molar-refractivity contribution in [2.24, 2.45) is 0 Å². The van der Waals surface area contributed by atoms with Crippen LogP contribution in [0.3, 0.4) is 0 Å². The summed E-state index contributed by atoms with van der Waals surface area (Å²) in [6, 6.07) is 6.92. The summed E-state index contributed by atoms with van der Waals surface area (Å²) in [7, 11) is -1.90. The third kappa shape index (κ3) is 3.62. The topological polar surface area (TPSA) is 73.2 Å². The number of likely N-dealkylation sites (N-methyl/N-ethyl adjacent to an activating group) is 1. The van der Waals surface area contributed by atoms with E-state index in [-0.39, 0.29) is 10.9 Å². The lowest BCUT2D eigenvalue weighted by molar-refractivity contribution is 0.337. The Morgan fingerprint density at radius 1 is 1.43 bits per heavy atom. The van der Waals surface area contributed by atoms with Crippen molar-refractivity contribution in [2.45, 2.75) is 37.1 Å². The molecule has 114 valence electrons. The standard InChI is InChI=1S/C15H21N3O2S/c1-12-9-13(10-16)6-7-15(12)21(19,20)18(2)11-14-5-3-4-8-17-14/h6-7,9,14,17H,3-5,8,11H2,1-2H3. The van der Waals surface area contributed by atoms with Gasteiger partial charge < -0.3 is 5.32 Å². The molecule has 1 saturated heterocycles. The zero-order valence-corrected chi connectivity index (χ0v) is 13.3. The molecule has 5 nitrogen and oxygen atoms in total. The highest BCUT2D eigenvalue weighted by atomic mass is 32.2. The Kier molecular flexibility index (Phi) is 4.99. The smallest absolute Gasteiger partial charge is 0.243 e. The normalized spacial score (nSPS) is 19.4. The monoisotopic (exact) mass is 307 g/mol. The molecule has 6 heteroatoms. The number of hydrogen-bond acceptors (Lipinski definition) is 4. The van der Waals surface area contributed by atoms with Gasteiger partial charge in [0, 0.05) is 19.6 Å². The first-order valence-electron chi connectivity index (χ1n) is 7.15. The van der Waals surface area contributed by atoms with Crippen LogP contribution >= 0.6 is 0 Å². The summed E-state index contributed by atoms with van der Waals surface area (Å²) in [6.07, 6.45) is 3.30. The maximum Gasteiger partial charge on any atom is 0.243 e. The van der Waals surface area contributed by atoms with Gasteiger partial charge in [0.25, 0.3) is 0 Å². The SMILES string of the molecule is Cc1cc(C#N)ccc1S(=O)(=O)N(C)CC1CCCCN1. The highest BCUT2D eigenvalue weighted by Gasteiger charge is 2.26. The van der Waals surface area contributed by atoms with Gasteiger partial charge in [-0.15, -0.1) is 0 Å². The first kappa shape index (κ1) is 16.0. The first-order valence-corrected chi connectivity index (χ1v) is 8.59. The van der Waals surface area contributed by atoms with Crippen LogP contribution in [0, 0.1) is 18.3 Å². The minimum Gasteiger partial charge on any atom is -0.313 e. The predicted molar refractivity (Wildman–Crippen MR) is 81.4 cm³/mol. The summed E-state index contributed by atoms with van der Waals surface area (Å²) in [5.41, 5.74) is 1.08. The third-order valence-electron chi connectivity index (χ3n) is 3.88. The molecule has 0 aromatic heterocycles. The van der Waals surface area contributed by atoms with Crippen molar-refractivity contribution in [3.8, 4) is 6.07 Å². The Balaban J connectivity index is 2.18. The lowest BCUT2D eigenvalue weighted by atomic mass is 10.1. The fraction of sp³-hybridized carbons (Fsp3) is 0.533. The molecule has 1 heterocycles. The molecule has 1 N–H and O–H groups in total. The Labute approximate surface area is 126 Å². The second-order valence-corrected chi connectivity index (χ2v) is 7.54. The quantitative estimate of drug-likeness (QED) is 0.917. The van der Waals surface area contributed by atoms with Gasteiger partial charge in [-0.3, -0.25) is 0 Å². The van der Waals surface area contributed by atoms with Gasteiger partial charge in [0.05, 0.1) is 16.5 Å². The van der Waals surface area contributed by atoms with E-state index in [2.05, 4.69) is 5.32 Å². The molecule has 1 aromatic rings. The number of aryl methyl sites for hydroxylation is 1. The van der Waals surface area contributed by atoms with Crippen molar-refractivity contribution >= 4 is 10.0 Å². The number of piperidine rings is 1. The van der Waals surface area contributed by atoms with Gasteiger partial charge in [0.2, 0.25) is 10.0 Å². The van der Waals surface area contributed by atoms with E-state index in [1.165, 1.54) is 10.4 Å². The highest BCUT2D eigenvalue weighted by Crippen LogP contribution is 2.21. The molecule has 0 amide bonds. The lowest BCUT2D eigenvalue weighted by Crippen LogP contribution is -2.44. The molecule has 0 radical (unpaired) electrons. The second-order valence-electron chi connectivity index (χ2n) is 5.52. The highest BCUT2D eigenvalue weighted by molar-refractivity contribution is 7.89. The largest absolute Gasteiger partial charge is 0.313 e. The molecular formula is C15H21N3O2S. The summed E-state index contributed by atoms with van der Waals surface area (Å²) >= 11 is 0. The van der Waals surface area contributed by atoms with E-state index in [0.29, 0.717) is 17.7 Å². The minimum absolute atomic E-state index is 0.220. The molecular weight excluding hydrogens is 286 g/mol. The number of hydrogen-bond donors (Lipinski definition) is 1. The van der Waals surface area contributed by atoms with Crippen molar-refractivity contribution in [3.63, 3.8) is 0 Å². The van der Waals surface area contributed by atoms with Gasteiger partial charge in [-0.2, -0.15) is 9.57 Å². The van der Waals surface area contributed by atoms with Gasteiger partial charge in [-0.1, -0.05) is 6.42 Å². The molecule has 0 spiro atoms. The summed E-state index contributed by atoms with van der Waals surface area (Å²) in [6.45, 7) is 3.15. The van der Waals surface area contributed by atoms with Crippen LogP contribution in [0.5, 0.6) is 0 Å². The van der Waals surface area contributed by atoms with Crippen molar-refractivity contribution in [1.82, 2.24) is 9.62 Å². The molecule has 1 aliphatic rings. The van der Waals surface area contributed by atoms with Crippen LogP contribution in [0.1, 0.15) is 30.4 Å². The lowest BCUT2D eigenvalue weighted by Gasteiger charge is -2.28. The zero-order valence-electron chi connectivity index (χ0n) is 12.5. The molecule has 1 aliphatic heterocycles. The van der Waals surface area contributed by atoms with E-state index in [0.717, 1.165) is 25.8 Å². The minimum atomic E-state index is -3.51. The number of rotatable bonds is 4. The summed E-state index contributed by atoms with van der Waals surface area (Å²) in [5.74, 6) is 0. The van der Waals surface area contributed by atoms with E-state index >= 15 is 0 Å². The van der Waals surface area contributed by atoms with Crippen LogP contribution in [-0.2, 0) is 10.0 Å². The number of nitriles is 1. The number of nitrogens with one attached hydrogen (secondary N) is 1. The Bertz CT molecular complexity index is 643. The molecule has 21 heavy (non-hydrogen) atoms.